The van der Waals surface area contributed by atoms with Gasteiger partial charge in [0.25, 0.3) is 5.56 Å². The van der Waals surface area contributed by atoms with E-state index in [1.165, 1.54) is 35.0 Å². The molecule has 0 bridgehead atoms. The number of halogens is 2. The van der Waals surface area contributed by atoms with Crippen LogP contribution in [0.4, 0.5) is 14.5 Å². The van der Waals surface area contributed by atoms with Gasteiger partial charge in [0.1, 0.15) is 16.9 Å². The normalized spacial score (nSPS) is 14.5. The number of Topliss-reactive ketones (excluding diaryl/α,β-unsaturated/α-hetero) is 1. The number of anilines is 1. The van der Waals surface area contributed by atoms with E-state index in [0.717, 1.165) is 22.8 Å². The second-order valence-electron chi connectivity index (χ2n) is 10.6. The predicted molar refractivity (Wildman–Crippen MR) is 162 cm³/mol. The summed E-state index contributed by atoms with van der Waals surface area (Å²) in [5.74, 6) is -1.72. The van der Waals surface area contributed by atoms with Gasteiger partial charge in [0, 0.05) is 38.3 Å². The molecule has 14 heteroatoms. The molecule has 45 heavy (non-hydrogen) atoms. The van der Waals surface area contributed by atoms with Crippen molar-refractivity contribution in [2.45, 2.75) is 19.9 Å². The summed E-state index contributed by atoms with van der Waals surface area (Å²) >= 11 is 0. The van der Waals surface area contributed by atoms with Gasteiger partial charge >= 0.3 is 5.69 Å². The molecule has 3 aromatic heterocycles. The smallest absolute Gasteiger partial charge is 0.335 e. The van der Waals surface area contributed by atoms with Crippen molar-refractivity contribution in [2.75, 3.05) is 29.5 Å². The van der Waals surface area contributed by atoms with Crippen LogP contribution in [0.3, 0.4) is 0 Å². The maximum atomic E-state index is 15.3. The topological polar surface area (TPSA) is 125 Å². The molecule has 0 saturated carbocycles. The molecule has 0 N–H and O–H groups in total. The van der Waals surface area contributed by atoms with Gasteiger partial charge in [-0.15, -0.1) is 0 Å². The Bertz CT molecular complexity index is 2160. The molecule has 0 spiro atoms. The van der Waals surface area contributed by atoms with Gasteiger partial charge in [-0.1, -0.05) is 6.07 Å². The Morgan fingerprint density at radius 2 is 1.67 bits per heavy atom. The van der Waals surface area contributed by atoms with E-state index in [1.54, 1.807) is 36.0 Å². The van der Waals surface area contributed by atoms with E-state index in [4.69, 9.17) is 4.74 Å². The number of pyridine rings is 1. The number of ether oxygens (including phenoxy) is 1. The molecule has 232 valence electrons. The third-order valence-electron chi connectivity index (χ3n) is 7.63. The number of hydrogen-bond acceptors (Lipinski definition) is 8. The lowest BCUT2D eigenvalue weighted by Crippen LogP contribution is -2.41. The highest BCUT2D eigenvalue weighted by Gasteiger charge is 2.24. The second kappa shape index (κ2) is 11.8. The van der Waals surface area contributed by atoms with Gasteiger partial charge < -0.3 is 9.64 Å². The number of fused-ring (bicyclic) bond motifs is 1. The number of aromatic nitrogens is 4. The number of sulfone groups is 1. The van der Waals surface area contributed by atoms with Gasteiger partial charge in [-0.3, -0.25) is 14.2 Å². The van der Waals surface area contributed by atoms with Crippen molar-refractivity contribution in [1.82, 2.24) is 18.7 Å². The molecule has 4 heterocycles. The summed E-state index contributed by atoms with van der Waals surface area (Å²) in [6.07, 6.45) is 4.15. The molecule has 1 saturated heterocycles. The van der Waals surface area contributed by atoms with Crippen LogP contribution in [-0.4, -0.2) is 57.5 Å². The first-order valence-corrected chi connectivity index (χ1v) is 15.9. The average molecular weight is 636 g/mol. The van der Waals surface area contributed by atoms with Crippen molar-refractivity contribution in [3.05, 3.63) is 117 Å². The lowest BCUT2D eigenvalue weighted by atomic mass is 10.0. The van der Waals surface area contributed by atoms with Gasteiger partial charge in [-0.2, -0.15) is 5.10 Å². The molecule has 0 atom stereocenters. The third kappa shape index (κ3) is 6.00. The van der Waals surface area contributed by atoms with Crippen LogP contribution in [0, 0.1) is 11.6 Å². The number of aryl methyl sites for hydroxylation is 1. The number of rotatable bonds is 8. The Kier molecular flexibility index (Phi) is 7.83. The fraction of sp³-hybridized carbons (Fsp3) is 0.226. The molecule has 1 aliphatic heterocycles. The van der Waals surface area contributed by atoms with E-state index in [-0.39, 0.29) is 47.0 Å². The molecule has 0 amide bonds. The summed E-state index contributed by atoms with van der Waals surface area (Å²) in [5.41, 5.74) is -0.212. The predicted octanol–water partition coefficient (Wildman–Crippen LogP) is 3.40. The molecule has 5 aromatic rings. The zero-order chi connectivity index (χ0) is 31.9. The maximum absolute atomic E-state index is 15.3. The average Bonchev–Trinajstić information content (AvgIpc) is 3.49. The van der Waals surface area contributed by atoms with Crippen LogP contribution < -0.4 is 20.9 Å². The Balaban J connectivity index is 1.26. The monoisotopic (exact) mass is 635 g/mol. The standard InChI is InChI=1S/C31H27F2N5O6S/c1-2-35-19-24(30(40)38(31(35)41)22-6-4-21(32)5-7-22)27(39)16-20-3-8-28(25(33)15-20)44-29-17-23(18-37-26(29)9-10-34-37)36-11-13-45(42,43)14-12-36/h3-10,15,17-19H,2,11-14,16H2,1H3. The Morgan fingerprint density at radius 3 is 2.36 bits per heavy atom. The number of benzene rings is 2. The fourth-order valence-electron chi connectivity index (χ4n) is 5.18. The minimum absolute atomic E-state index is 0.0225. The summed E-state index contributed by atoms with van der Waals surface area (Å²) < 4.78 is 62.1. The van der Waals surface area contributed by atoms with Gasteiger partial charge in [0.2, 0.25) is 0 Å². The van der Waals surface area contributed by atoms with E-state index >= 15 is 4.39 Å². The van der Waals surface area contributed by atoms with E-state index in [2.05, 4.69) is 5.10 Å². The minimum Gasteiger partial charge on any atom is -0.452 e. The molecular formula is C31H27F2N5O6S. The molecule has 0 unspecified atom stereocenters. The zero-order valence-corrected chi connectivity index (χ0v) is 24.8. The summed E-state index contributed by atoms with van der Waals surface area (Å²) in [7, 11) is -3.09. The fourth-order valence-corrected chi connectivity index (χ4v) is 6.38. The molecule has 6 rings (SSSR count). The summed E-state index contributed by atoms with van der Waals surface area (Å²) in [5, 5.41) is 4.25. The molecule has 0 aliphatic carbocycles. The van der Waals surface area contributed by atoms with Gasteiger partial charge in [-0.05, 0) is 55.0 Å². The maximum Gasteiger partial charge on any atom is 0.335 e. The molecular weight excluding hydrogens is 608 g/mol. The van der Waals surface area contributed by atoms with Crippen LogP contribution in [0.2, 0.25) is 0 Å². The number of nitrogens with zero attached hydrogens (tertiary/aromatic N) is 5. The summed E-state index contributed by atoms with van der Waals surface area (Å²) in [4.78, 5) is 41.3. The quantitative estimate of drug-likeness (QED) is 0.238. The minimum atomic E-state index is -3.09. The number of carbonyl (C=O) groups is 1. The van der Waals surface area contributed by atoms with Crippen LogP contribution in [0.15, 0.2) is 82.8 Å². The lowest BCUT2D eigenvalue weighted by molar-refractivity contribution is 0.0990. The van der Waals surface area contributed by atoms with Gasteiger partial charge in [-0.25, -0.2) is 31.1 Å². The molecule has 1 fully saturated rings. The molecule has 11 nitrogen and oxygen atoms in total. The third-order valence-corrected chi connectivity index (χ3v) is 9.24. The second-order valence-corrected chi connectivity index (χ2v) is 12.9. The summed E-state index contributed by atoms with van der Waals surface area (Å²) in [6.45, 7) is 2.45. The van der Waals surface area contributed by atoms with E-state index in [1.807, 2.05) is 4.90 Å². The molecule has 1 aliphatic rings. The van der Waals surface area contributed by atoms with Crippen LogP contribution in [0.5, 0.6) is 11.5 Å². The van der Waals surface area contributed by atoms with E-state index in [0.29, 0.717) is 30.0 Å². The number of ketones is 1. The van der Waals surface area contributed by atoms with Crippen LogP contribution in [0.1, 0.15) is 22.8 Å². The Morgan fingerprint density at radius 1 is 0.933 bits per heavy atom. The van der Waals surface area contributed by atoms with Crippen LogP contribution in [0.25, 0.3) is 11.2 Å². The zero-order valence-electron chi connectivity index (χ0n) is 24.0. The number of hydrogen-bond donors (Lipinski definition) is 0. The lowest BCUT2D eigenvalue weighted by Gasteiger charge is -2.29. The van der Waals surface area contributed by atoms with Crippen molar-refractivity contribution in [3.63, 3.8) is 0 Å². The first kappa shape index (κ1) is 29.9. The summed E-state index contributed by atoms with van der Waals surface area (Å²) in [6, 6.07) is 12.1. The van der Waals surface area contributed by atoms with Crippen molar-refractivity contribution < 1.29 is 26.7 Å². The van der Waals surface area contributed by atoms with Crippen molar-refractivity contribution in [1.29, 1.82) is 0 Å². The van der Waals surface area contributed by atoms with Crippen molar-refractivity contribution in [3.8, 4) is 17.2 Å². The van der Waals surface area contributed by atoms with Gasteiger partial charge in [0.15, 0.2) is 32.9 Å². The van der Waals surface area contributed by atoms with E-state index < -0.39 is 38.5 Å². The van der Waals surface area contributed by atoms with Gasteiger partial charge in [0.05, 0.1) is 35.3 Å². The Hall–Kier alpha value is -5.11. The number of carbonyl (C=O) groups excluding carboxylic acids is 1. The Labute approximate surface area is 255 Å². The van der Waals surface area contributed by atoms with Crippen molar-refractivity contribution >= 4 is 26.8 Å². The highest BCUT2D eigenvalue weighted by Crippen LogP contribution is 2.33. The molecule has 2 aromatic carbocycles. The molecule has 0 radical (unpaired) electrons. The SMILES string of the molecule is CCn1cc(C(=O)Cc2ccc(Oc3cc(N4CCS(=O)(=O)CC4)cn4nccc34)c(F)c2)c(=O)n(-c2ccc(F)cc2)c1=O. The first-order valence-electron chi connectivity index (χ1n) is 14.1. The van der Waals surface area contributed by atoms with E-state index in [9.17, 15) is 27.2 Å². The van der Waals surface area contributed by atoms with Crippen molar-refractivity contribution in [2.24, 2.45) is 0 Å². The highest BCUT2D eigenvalue weighted by molar-refractivity contribution is 7.91. The largest absolute Gasteiger partial charge is 0.452 e. The highest BCUT2D eigenvalue weighted by atomic mass is 32.2. The first-order chi connectivity index (χ1) is 21.5. The van der Waals surface area contributed by atoms with Crippen LogP contribution >= 0.6 is 0 Å². The van der Waals surface area contributed by atoms with Crippen LogP contribution in [-0.2, 0) is 22.8 Å².